The van der Waals surface area contributed by atoms with Crippen molar-refractivity contribution in [3.63, 3.8) is 0 Å². The molecule has 0 aliphatic carbocycles. The summed E-state index contributed by atoms with van der Waals surface area (Å²) in [5.74, 6) is 0. The Morgan fingerprint density at radius 3 is 2.06 bits per heavy atom. The van der Waals surface area contributed by atoms with E-state index in [1.54, 1.807) is 0 Å². The van der Waals surface area contributed by atoms with Crippen LogP contribution < -0.4 is 0 Å². The standard InChI is InChI=1S/C16H19N/c1-4-10-16(15-11-8-7-9-12-15)17(13-5-2)14-6-3/h4-12H,1-3,13-14H2. The van der Waals surface area contributed by atoms with Crippen LogP contribution in [0.5, 0.6) is 0 Å². The SMILES string of the molecule is C=CC=C(c1ccccc1)N(CC=C)CC=C. The van der Waals surface area contributed by atoms with Gasteiger partial charge in [-0.25, -0.2) is 0 Å². The van der Waals surface area contributed by atoms with E-state index in [0.717, 1.165) is 18.8 Å². The number of hydrogen-bond acceptors (Lipinski definition) is 1. The first-order valence-corrected chi connectivity index (χ1v) is 5.68. The molecule has 0 amide bonds. The normalized spacial score (nSPS) is 10.7. The molecule has 1 aromatic carbocycles. The highest BCUT2D eigenvalue weighted by molar-refractivity contribution is 5.65. The quantitative estimate of drug-likeness (QED) is 0.502. The molecular weight excluding hydrogens is 206 g/mol. The van der Waals surface area contributed by atoms with Gasteiger partial charge in [-0.3, -0.25) is 0 Å². The maximum atomic E-state index is 3.79. The fourth-order valence-corrected chi connectivity index (χ4v) is 1.69. The Hall–Kier alpha value is -2.02. The zero-order valence-electron chi connectivity index (χ0n) is 10.2. The zero-order valence-corrected chi connectivity index (χ0v) is 10.2. The Bertz CT molecular complexity index is 391. The second kappa shape index (κ2) is 7.29. The molecule has 1 heteroatoms. The lowest BCUT2D eigenvalue weighted by Gasteiger charge is -2.25. The van der Waals surface area contributed by atoms with Crippen molar-refractivity contribution in [1.29, 1.82) is 0 Å². The van der Waals surface area contributed by atoms with E-state index < -0.39 is 0 Å². The van der Waals surface area contributed by atoms with Crippen LogP contribution in [0.3, 0.4) is 0 Å². The summed E-state index contributed by atoms with van der Waals surface area (Å²) in [6.45, 7) is 12.9. The Balaban J connectivity index is 3.06. The van der Waals surface area contributed by atoms with Gasteiger partial charge in [0.1, 0.15) is 0 Å². The summed E-state index contributed by atoms with van der Waals surface area (Å²) < 4.78 is 0. The van der Waals surface area contributed by atoms with Crippen LogP contribution in [0.2, 0.25) is 0 Å². The van der Waals surface area contributed by atoms with Gasteiger partial charge in [0.15, 0.2) is 0 Å². The van der Waals surface area contributed by atoms with Gasteiger partial charge in [-0.1, -0.05) is 55.1 Å². The molecule has 1 aromatic rings. The van der Waals surface area contributed by atoms with Crippen LogP contribution in [0.1, 0.15) is 5.56 Å². The monoisotopic (exact) mass is 225 g/mol. The lowest BCUT2D eigenvalue weighted by molar-refractivity contribution is 0.487. The fourth-order valence-electron chi connectivity index (χ4n) is 1.69. The minimum Gasteiger partial charge on any atom is -0.364 e. The summed E-state index contributed by atoms with van der Waals surface area (Å²) in [7, 11) is 0. The minimum absolute atomic E-state index is 0.792. The van der Waals surface area contributed by atoms with Gasteiger partial charge in [0.05, 0.1) is 0 Å². The molecule has 0 saturated heterocycles. The Morgan fingerprint density at radius 1 is 1.00 bits per heavy atom. The number of nitrogens with zero attached hydrogens (tertiary/aromatic N) is 1. The third-order valence-corrected chi connectivity index (χ3v) is 2.38. The number of benzene rings is 1. The first kappa shape index (κ1) is 13.0. The van der Waals surface area contributed by atoms with Crippen molar-refractivity contribution >= 4 is 5.70 Å². The molecule has 0 radical (unpaired) electrons. The highest BCUT2D eigenvalue weighted by Crippen LogP contribution is 2.19. The van der Waals surface area contributed by atoms with Crippen molar-refractivity contribution in [3.05, 3.63) is 79.9 Å². The highest BCUT2D eigenvalue weighted by atomic mass is 15.1. The van der Waals surface area contributed by atoms with E-state index in [1.807, 2.05) is 42.5 Å². The average Bonchev–Trinajstić information content (AvgIpc) is 2.37. The summed E-state index contributed by atoms with van der Waals surface area (Å²) in [6, 6.07) is 10.3. The van der Waals surface area contributed by atoms with Gasteiger partial charge in [-0.15, -0.1) is 13.2 Å². The third-order valence-electron chi connectivity index (χ3n) is 2.38. The van der Waals surface area contributed by atoms with Gasteiger partial charge in [-0.2, -0.15) is 0 Å². The molecule has 17 heavy (non-hydrogen) atoms. The van der Waals surface area contributed by atoms with Crippen LogP contribution in [0.15, 0.2) is 74.4 Å². The molecule has 1 rings (SSSR count). The maximum absolute atomic E-state index is 3.79. The third kappa shape index (κ3) is 3.80. The number of rotatable bonds is 7. The van der Waals surface area contributed by atoms with Gasteiger partial charge in [-0.05, 0) is 11.6 Å². The smallest absolute Gasteiger partial charge is 0.0445 e. The van der Waals surface area contributed by atoms with Crippen molar-refractivity contribution in [2.75, 3.05) is 13.1 Å². The molecule has 1 nitrogen and oxygen atoms in total. The van der Waals surface area contributed by atoms with Crippen LogP contribution in [0.25, 0.3) is 5.70 Å². The molecule has 0 aliphatic heterocycles. The van der Waals surface area contributed by atoms with E-state index in [9.17, 15) is 0 Å². The zero-order chi connectivity index (χ0) is 12.5. The van der Waals surface area contributed by atoms with Crippen LogP contribution >= 0.6 is 0 Å². The number of allylic oxidation sites excluding steroid dienone is 2. The number of hydrogen-bond donors (Lipinski definition) is 0. The molecule has 0 atom stereocenters. The van der Waals surface area contributed by atoms with Crippen molar-refractivity contribution < 1.29 is 0 Å². The molecule has 0 N–H and O–H groups in total. The van der Waals surface area contributed by atoms with Gasteiger partial charge in [0, 0.05) is 18.8 Å². The maximum Gasteiger partial charge on any atom is 0.0445 e. The molecule has 0 unspecified atom stereocenters. The molecule has 88 valence electrons. The molecule has 0 bridgehead atoms. The summed E-state index contributed by atoms with van der Waals surface area (Å²) in [6.07, 6.45) is 7.61. The van der Waals surface area contributed by atoms with Crippen molar-refractivity contribution in [2.45, 2.75) is 0 Å². The Labute approximate surface area is 104 Å². The molecule has 0 spiro atoms. The largest absolute Gasteiger partial charge is 0.364 e. The first-order valence-electron chi connectivity index (χ1n) is 5.68. The fraction of sp³-hybridized carbons (Fsp3) is 0.125. The molecule has 0 aliphatic rings. The molecule has 0 heterocycles. The second-order valence-corrected chi connectivity index (χ2v) is 3.64. The first-order chi connectivity index (χ1) is 8.33. The van der Waals surface area contributed by atoms with Gasteiger partial charge in [0.25, 0.3) is 0 Å². The van der Waals surface area contributed by atoms with E-state index in [-0.39, 0.29) is 0 Å². The Morgan fingerprint density at radius 2 is 1.59 bits per heavy atom. The van der Waals surface area contributed by atoms with E-state index >= 15 is 0 Å². The van der Waals surface area contributed by atoms with Gasteiger partial charge < -0.3 is 4.90 Å². The molecule has 0 aromatic heterocycles. The summed E-state index contributed by atoms with van der Waals surface area (Å²) in [5.41, 5.74) is 2.32. The predicted molar refractivity (Wildman–Crippen MR) is 76.6 cm³/mol. The minimum atomic E-state index is 0.792. The van der Waals surface area contributed by atoms with Crippen molar-refractivity contribution in [1.82, 2.24) is 4.90 Å². The van der Waals surface area contributed by atoms with E-state index in [4.69, 9.17) is 0 Å². The molecular formula is C16H19N. The lowest BCUT2D eigenvalue weighted by atomic mass is 10.1. The van der Waals surface area contributed by atoms with E-state index in [0.29, 0.717) is 0 Å². The van der Waals surface area contributed by atoms with Crippen LogP contribution in [-0.2, 0) is 0 Å². The second-order valence-electron chi connectivity index (χ2n) is 3.64. The van der Waals surface area contributed by atoms with Crippen molar-refractivity contribution in [2.24, 2.45) is 0 Å². The average molecular weight is 225 g/mol. The summed E-state index contributed by atoms with van der Waals surface area (Å²) >= 11 is 0. The predicted octanol–water partition coefficient (Wildman–Crippen LogP) is 3.89. The van der Waals surface area contributed by atoms with Crippen molar-refractivity contribution in [3.8, 4) is 0 Å². The molecule has 0 saturated carbocycles. The summed E-state index contributed by atoms with van der Waals surface area (Å²) in [4.78, 5) is 2.21. The van der Waals surface area contributed by atoms with Crippen LogP contribution in [0.4, 0.5) is 0 Å². The van der Waals surface area contributed by atoms with Gasteiger partial charge in [0.2, 0.25) is 0 Å². The Kier molecular flexibility index (Phi) is 5.59. The molecule has 0 fully saturated rings. The van der Waals surface area contributed by atoms with Gasteiger partial charge >= 0.3 is 0 Å². The van der Waals surface area contributed by atoms with Crippen LogP contribution in [0, 0.1) is 0 Å². The van der Waals surface area contributed by atoms with E-state index in [1.165, 1.54) is 5.56 Å². The lowest BCUT2D eigenvalue weighted by Crippen LogP contribution is -2.22. The summed E-state index contributed by atoms with van der Waals surface area (Å²) in [5, 5.41) is 0. The van der Waals surface area contributed by atoms with Crippen LogP contribution in [-0.4, -0.2) is 18.0 Å². The van der Waals surface area contributed by atoms with E-state index in [2.05, 4.69) is 36.8 Å². The highest BCUT2D eigenvalue weighted by Gasteiger charge is 2.07. The topological polar surface area (TPSA) is 3.24 Å².